The molecule has 252 valence electrons. The molecule has 8 aromatic carbocycles. The Bertz CT molecular complexity index is 3080. The predicted octanol–water partition coefficient (Wildman–Crippen LogP) is 13.8. The van der Waals surface area contributed by atoms with E-state index in [0.717, 1.165) is 66.9 Å². The fourth-order valence-corrected chi connectivity index (χ4v) is 9.52. The van der Waals surface area contributed by atoms with Gasteiger partial charge in [-0.2, -0.15) is 0 Å². The molecule has 3 nitrogen and oxygen atoms in total. The minimum absolute atomic E-state index is 0.554. The molecule has 12 rings (SSSR count). The molecule has 0 unspecified atom stereocenters. The van der Waals surface area contributed by atoms with Gasteiger partial charge in [0.25, 0.3) is 0 Å². The molecule has 0 N–H and O–H groups in total. The van der Waals surface area contributed by atoms with Gasteiger partial charge in [0.15, 0.2) is 5.58 Å². The minimum atomic E-state index is -0.554. The van der Waals surface area contributed by atoms with Crippen LogP contribution in [-0.2, 0) is 5.41 Å². The van der Waals surface area contributed by atoms with Crippen molar-refractivity contribution in [2.45, 2.75) is 5.41 Å². The Morgan fingerprint density at radius 1 is 0.389 bits per heavy atom. The lowest BCUT2D eigenvalue weighted by atomic mass is 9.73. The van der Waals surface area contributed by atoms with Crippen LogP contribution in [0.4, 0.5) is 17.1 Å². The maximum absolute atomic E-state index is 7.01. The van der Waals surface area contributed by atoms with Gasteiger partial charge in [-0.25, -0.2) is 0 Å². The van der Waals surface area contributed by atoms with Crippen LogP contribution in [0.2, 0.25) is 0 Å². The van der Waals surface area contributed by atoms with Gasteiger partial charge in [-0.05, 0) is 81.4 Å². The van der Waals surface area contributed by atoms with Crippen LogP contribution < -0.4 is 4.90 Å². The molecule has 1 spiro atoms. The topological polar surface area (TPSA) is 29.5 Å². The summed E-state index contributed by atoms with van der Waals surface area (Å²) in [4.78, 5) is 2.34. The van der Waals surface area contributed by atoms with Crippen molar-refractivity contribution >= 4 is 50.0 Å². The van der Waals surface area contributed by atoms with E-state index in [1.54, 1.807) is 0 Å². The Balaban J connectivity index is 1.12. The van der Waals surface area contributed by atoms with Gasteiger partial charge in [0.1, 0.15) is 22.3 Å². The molecule has 0 saturated carbocycles. The van der Waals surface area contributed by atoms with E-state index < -0.39 is 5.41 Å². The molecule has 10 aromatic rings. The second-order valence-electron chi connectivity index (χ2n) is 14.3. The summed E-state index contributed by atoms with van der Waals surface area (Å²) in [5.74, 6) is 1.00. The second-order valence-corrected chi connectivity index (χ2v) is 14.3. The predicted molar refractivity (Wildman–Crippen MR) is 220 cm³/mol. The van der Waals surface area contributed by atoms with Crippen molar-refractivity contribution in [3.63, 3.8) is 0 Å². The first-order chi connectivity index (χ1) is 26.8. The standard InChI is InChI=1S/C51H31NO2/c1-2-15-33(16-3-1)52(45-26-14-22-38-37-20-7-12-27-46(37)53-49(38)45)44-25-11-6-17-34(44)32-29-30-43-40(31-32)48-39-21-8-13-28-47(39)54-50(48)51(43)41-23-9-4-18-35(41)36-19-5-10-24-42(36)51/h1-31H. The van der Waals surface area contributed by atoms with Crippen molar-refractivity contribution < 1.29 is 8.83 Å². The third kappa shape index (κ3) is 3.80. The number of anilines is 3. The summed E-state index contributed by atoms with van der Waals surface area (Å²) in [5.41, 5.74) is 16.2. The molecule has 0 saturated heterocycles. The zero-order valence-electron chi connectivity index (χ0n) is 29.2. The monoisotopic (exact) mass is 689 g/mol. The highest BCUT2D eigenvalue weighted by Crippen LogP contribution is 2.65. The largest absolute Gasteiger partial charge is 0.459 e. The highest BCUT2D eigenvalue weighted by atomic mass is 16.3. The summed E-state index contributed by atoms with van der Waals surface area (Å²) in [6.45, 7) is 0. The summed E-state index contributed by atoms with van der Waals surface area (Å²) in [6.07, 6.45) is 0. The van der Waals surface area contributed by atoms with E-state index in [0.29, 0.717) is 0 Å². The van der Waals surface area contributed by atoms with Gasteiger partial charge in [-0.1, -0.05) is 146 Å². The number of hydrogen-bond donors (Lipinski definition) is 0. The van der Waals surface area contributed by atoms with Crippen LogP contribution in [0, 0.1) is 0 Å². The lowest BCUT2D eigenvalue weighted by Crippen LogP contribution is -2.25. The molecule has 0 bridgehead atoms. The minimum Gasteiger partial charge on any atom is -0.459 e. The van der Waals surface area contributed by atoms with Gasteiger partial charge >= 0.3 is 0 Å². The van der Waals surface area contributed by atoms with Gasteiger partial charge < -0.3 is 13.7 Å². The fourth-order valence-electron chi connectivity index (χ4n) is 9.52. The Hall–Kier alpha value is -7.10. The highest BCUT2D eigenvalue weighted by molar-refractivity contribution is 6.11. The first kappa shape index (κ1) is 29.5. The molecule has 2 aliphatic rings. The smallest absolute Gasteiger partial charge is 0.159 e. The Morgan fingerprint density at radius 2 is 0.963 bits per heavy atom. The first-order valence-corrected chi connectivity index (χ1v) is 18.5. The van der Waals surface area contributed by atoms with E-state index in [1.165, 1.54) is 38.9 Å². The number of para-hydroxylation sites is 5. The van der Waals surface area contributed by atoms with Crippen molar-refractivity contribution in [1.82, 2.24) is 0 Å². The number of hydrogen-bond acceptors (Lipinski definition) is 3. The van der Waals surface area contributed by atoms with Crippen molar-refractivity contribution in [3.8, 4) is 33.4 Å². The quantitative estimate of drug-likeness (QED) is 0.184. The number of nitrogens with zero attached hydrogens (tertiary/aromatic N) is 1. The van der Waals surface area contributed by atoms with Gasteiger partial charge in [-0.3, -0.25) is 0 Å². The molecule has 0 atom stereocenters. The van der Waals surface area contributed by atoms with Gasteiger partial charge in [-0.15, -0.1) is 0 Å². The van der Waals surface area contributed by atoms with Gasteiger partial charge in [0.05, 0.1) is 11.4 Å². The van der Waals surface area contributed by atoms with Crippen LogP contribution in [0.25, 0.3) is 66.3 Å². The van der Waals surface area contributed by atoms with Gasteiger partial charge in [0, 0.05) is 33.0 Å². The van der Waals surface area contributed by atoms with Crippen LogP contribution in [0.5, 0.6) is 0 Å². The number of benzene rings is 8. The highest BCUT2D eigenvalue weighted by Gasteiger charge is 2.55. The Morgan fingerprint density at radius 3 is 1.74 bits per heavy atom. The molecule has 0 fully saturated rings. The molecule has 0 aliphatic heterocycles. The molecule has 0 amide bonds. The number of furan rings is 2. The molecule has 2 aliphatic carbocycles. The normalized spacial score (nSPS) is 13.3. The molecule has 54 heavy (non-hydrogen) atoms. The van der Waals surface area contributed by atoms with Crippen molar-refractivity contribution in [1.29, 1.82) is 0 Å². The van der Waals surface area contributed by atoms with E-state index in [-0.39, 0.29) is 0 Å². The third-order valence-corrected chi connectivity index (χ3v) is 11.7. The molecule has 0 radical (unpaired) electrons. The lowest BCUT2D eigenvalue weighted by Gasteiger charge is -2.29. The van der Waals surface area contributed by atoms with Crippen molar-refractivity contribution in [2.24, 2.45) is 0 Å². The van der Waals surface area contributed by atoms with Crippen LogP contribution in [-0.4, -0.2) is 0 Å². The number of fused-ring (bicyclic) bond motifs is 15. The number of rotatable bonds is 4. The summed E-state index contributed by atoms with van der Waals surface area (Å²) in [5, 5.41) is 3.35. The Kier molecular flexibility index (Phi) is 5.98. The average Bonchev–Trinajstić information content (AvgIpc) is 3.97. The van der Waals surface area contributed by atoms with Crippen LogP contribution in [0.3, 0.4) is 0 Å². The SMILES string of the molecule is c1ccc(N(c2ccccc2-c2ccc3c(c2)-c2c(oc4ccccc24)C32c3ccccc3-c3ccccc32)c2cccc3c2oc2ccccc23)cc1. The Labute approximate surface area is 312 Å². The van der Waals surface area contributed by atoms with E-state index >= 15 is 0 Å². The third-order valence-electron chi connectivity index (χ3n) is 11.7. The van der Waals surface area contributed by atoms with E-state index in [4.69, 9.17) is 8.83 Å². The van der Waals surface area contributed by atoms with Crippen LogP contribution in [0.15, 0.2) is 197 Å². The first-order valence-electron chi connectivity index (χ1n) is 18.5. The van der Waals surface area contributed by atoms with E-state index in [2.05, 4.69) is 181 Å². The van der Waals surface area contributed by atoms with E-state index in [1.807, 2.05) is 12.1 Å². The molecule has 2 aromatic heterocycles. The molecule has 3 heteroatoms. The zero-order valence-corrected chi connectivity index (χ0v) is 29.2. The maximum Gasteiger partial charge on any atom is 0.159 e. The van der Waals surface area contributed by atoms with Crippen molar-refractivity contribution in [2.75, 3.05) is 4.90 Å². The summed E-state index contributed by atoms with van der Waals surface area (Å²) < 4.78 is 13.7. The summed E-state index contributed by atoms with van der Waals surface area (Å²) in [7, 11) is 0. The maximum atomic E-state index is 7.01. The molecular weight excluding hydrogens is 659 g/mol. The zero-order chi connectivity index (χ0) is 35.4. The van der Waals surface area contributed by atoms with E-state index in [9.17, 15) is 0 Å². The molecule has 2 heterocycles. The lowest BCUT2D eigenvalue weighted by molar-refractivity contribution is 0.507. The van der Waals surface area contributed by atoms with Crippen LogP contribution >= 0.6 is 0 Å². The fraction of sp³-hybridized carbons (Fsp3) is 0.0196. The second kappa shape index (κ2) is 11.0. The average molecular weight is 690 g/mol. The van der Waals surface area contributed by atoms with Crippen LogP contribution in [0.1, 0.15) is 22.5 Å². The molecular formula is C51H31NO2. The summed E-state index contributed by atoms with van der Waals surface area (Å²) in [6, 6.07) is 67.4. The van der Waals surface area contributed by atoms with Crippen molar-refractivity contribution in [3.05, 3.63) is 211 Å². The summed E-state index contributed by atoms with van der Waals surface area (Å²) >= 11 is 0. The van der Waals surface area contributed by atoms with Gasteiger partial charge in [0.2, 0.25) is 0 Å².